The molecule has 26 heavy (non-hydrogen) atoms. The Morgan fingerprint density at radius 2 is 1.73 bits per heavy atom. The molecule has 0 aliphatic carbocycles. The van der Waals surface area contributed by atoms with Crippen LogP contribution in [-0.4, -0.2) is 69.2 Å². The first-order chi connectivity index (χ1) is 12.6. The van der Waals surface area contributed by atoms with E-state index in [1.54, 1.807) is 0 Å². The Kier molecular flexibility index (Phi) is 8.37. The van der Waals surface area contributed by atoms with Crippen molar-refractivity contribution in [1.82, 2.24) is 10.2 Å². The molecule has 2 amide bonds. The Hall–Kier alpha value is -2.12. The van der Waals surface area contributed by atoms with Gasteiger partial charge in [-0.2, -0.15) is 0 Å². The van der Waals surface area contributed by atoms with Crippen molar-refractivity contribution in [2.45, 2.75) is 20.3 Å². The van der Waals surface area contributed by atoms with Crippen molar-refractivity contribution < 1.29 is 14.3 Å². The van der Waals surface area contributed by atoms with E-state index >= 15 is 0 Å². The van der Waals surface area contributed by atoms with Crippen molar-refractivity contribution in [1.29, 1.82) is 0 Å². The van der Waals surface area contributed by atoms with Gasteiger partial charge in [-0.1, -0.05) is 0 Å². The molecule has 1 aromatic carbocycles. The number of benzene rings is 1. The molecule has 1 aliphatic heterocycles. The van der Waals surface area contributed by atoms with E-state index in [0.29, 0.717) is 12.2 Å². The second-order valence-corrected chi connectivity index (χ2v) is 6.24. The molecule has 144 valence electrons. The summed E-state index contributed by atoms with van der Waals surface area (Å²) in [5.74, 6) is -1.23. The number of carbonyl (C=O) groups is 2. The minimum atomic E-state index is -0.632. The lowest BCUT2D eigenvalue weighted by Crippen LogP contribution is -2.39. The summed E-state index contributed by atoms with van der Waals surface area (Å²) in [5.41, 5.74) is 1.72. The zero-order valence-corrected chi connectivity index (χ0v) is 15.8. The Morgan fingerprint density at radius 1 is 1.08 bits per heavy atom. The molecule has 7 heteroatoms. The highest BCUT2D eigenvalue weighted by molar-refractivity contribution is 6.39. The molecule has 0 atom stereocenters. The molecule has 1 aromatic rings. The number of hydrogen-bond acceptors (Lipinski definition) is 5. The molecule has 0 spiro atoms. The summed E-state index contributed by atoms with van der Waals surface area (Å²) in [6.45, 7) is 10.8. The van der Waals surface area contributed by atoms with Crippen LogP contribution in [0.1, 0.15) is 20.3 Å². The lowest BCUT2D eigenvalue weighted by Gasteiger charge is -2.26. The fourth-order valence-corrected chi connectivity index (χ4v) is 2.94. The molecule has 1 fully saturated rings. The average molecular weight is 362 g/mol. The van der Waals surface area contributed by atoms with E-state index in [-0.39, 0.29) is 0 Å². The van der Waals surface area contributed by atoms with Gasteiger partial charge in [0.15, 0.2) is 0 Å². The van der Waals surface area contributed by atoms with Crippen molar-refractivity contribution in [2.24, 2.45) is 0 Å². The van der Waals surface area contributed by atoms with Crippen LogP contribution in [0.25, 0.3) is 0 Å². The summed E-state index contributed by atoms with van der Waals surface area (Å²) in [4.78, 5) is 28.4. The van der Waals surface area contributed by atoms with Crippen LogP contribution in [0.3, 0.4) is 0 Å². The third kappa shape index (κ3) is 6.31. The van der Waals surface area contributed by atoms with E-state index in [0.717, 1.165) is 58.0 Å². The number of ether oxygens (including phenoxy) is 1. The van der Waals surface area contributed by atoms with E-state index in [1.807, 2.05) is 24.3 Å². The third-order valence-corrected chi connectivity index (χ3v) is 4.50. The molecule has 0 bridgehead atoms. The van der Waals surface area contributed by atoms with Gasteiger partial charge in [0, 0.05) is 44.1 Å². The first kappa shape index (κ1) is 20.2. The number of hydrogen-bond donors (Lipinski definition) is 2. The van der Waals surface area contributed by atoms with E-state index in [4.69, 9.17) is 4.74 Å². The van der Waals surface area contributed by atoms with Gasteiger partial charge >= 0.3 is 11.8 Å². The van der Waals surface area contributed by atoms with Gasteiger partial charge in [-0.25, -0.2) is 0 Å². The van der Waals surface area contributed by atoms with Gasteiger partial charge in [0.05, 0.1) is 13.2 Å². The molecule has 7 nitrogen and oxygen atoms in total. The van der Waals surface area contributed by atoms with Crippen molar-refractivity contribution in [3.05, 3.63) is 24.3 Å². The van der Waals surface area contributed by atoms with Gasteiger partial charge in [-0.15, -0.1) is 0 Å². The number of morpholine rings is 1. The Labute approximate surface area is 155 Å². The molecule has 0 saturated carbocycles. The first-order valence-electron chi connectivity index (χ1n) is 9.38. The minimum absolute atomic E-state index is 0.491. The first-order valence-corrected chi connectivity index (χ1v) is 9.38. The third-order valence-electron chi connectivity index (χ3n) is 4.50. The largest absolute Gasteiger partial charge is 0.379 e. The van der Waals surface area contributed by atoms with Gasteiger partial charge < -0.3 is 20.3 Å². The van der Waals surface area contributed by atoms with Gasteiger partial charge in [0.1, 0.15) is 0 Å². The predicted octanol–water partition coefficient (Wildman–Crippen LogP) is 1.31. The second-order valence-electron chi connectivity index (χ2n) is 6.24. The van der Waals surface area contributed by atoms with E-state index in [2.05, 4.69) is 34.3 Å². The molecule has 2 N–H and O–H groups in total. The molecule has 2 rings (SSSR count). The van der Waals surface area contributed by atoms with E-state index < -0.39 is 11.8 Å². The summed E-state index contributed by atoms with van der Waals surface area (Å²) in [7, 11) is 0. The number of rotatable bonds is 8. The molecular weight excluding hydrogens is 332 g/mol. The average Bonchev–Trinajstić information content (AvgIpc) is 2.68. The van der Waals surface area contributed by atoms with E-state index in [1.165, 1.54) is 0 Å². The maximum absolute atomic E-state index is 12.0. The second kappa shape index (κ2) is 10.8. The lowest BCUT2D eigenvalue weighted by molar-refractivity contribution is -0.136. The summed E-state index contributed by atoms with van der Waals surface area (Å²) in [5, 5.41) is 5.31. The maximum atomic E-state index is 12.0. The van der Waals surface area contributed by atoms with Crippen molar-refractivity contribution in [3.8, 4) is 0 Å². The standard InChI is InChI=1S/C19H30N4O3/c1-3-23(4-2)17-8-6-16(7-9-17)21-19(25)18(24)20-10-5-11-22-12-14-26-15-13-22/h6-9H,3-5,10-15H2,1-2H3,(H,20,24)(H,21,25). The van der Waals surface area contributed by atoms with Crippen LogP contribution in [0.4, 0.5) is 11.4 Å². The Bertz CT molecular complexity index is 567. The van der Waals surface area contributed by atoms with E-state index in [9.17, 15) is 9.59 Å². The van der Waals surface area contributed by atoms with Crippen LogP contribution in [-0.2, 0) is 14.3 Å². The van der Waals surface area contributed by atoms with Crippen molar-refractivity contribution in [3.63, 3.8) is 0 Å². The SMILES string of the molecule is CCN(CC)c1ccc(NC(=O)C(=O)NCCCN2CCOCC2)cc1. The van der Waals surface area contributed by atoms with Gasteiger partial charge in [0.25, 0.3) is 0 Å². The highest BCUT2D eigenvalue weighted by Gasteiger charge is 2.14. The van der Waals surface area contributed by atoms with Gasteiger partial charge in [-0.05, 0) is 51.1 Å². The molecular formula is C19H30N4O3. The Morgan fingerprint density at radius 3 is 2.35 bits per heavy atom. The summed E-state index contributed by atoms with van der Waals surface area (Å²) in [6, 6.07) is 7.53. The summed E-state index contributed by atoms with van der Waals surface area (Å²) in [6.07, 6.45) is 0.817. The highest BCUT2D eigenvalue weighted by Crippen LogP contribution is 2.17. The number of anilines is 2. The zero-order valence-electron chi connectivity index (χ0n) is 15.8. The molecule has 0 radical (unpaired) electrons. The van der Waals surface area contributed by atoms with Crippen LogP contribution >= 0.6 is 0 Å². The van der Waals surface area contributed by atoms with Gasteiger partial charge in [-0.3, -0.25) is 14.5 Å². The number of amides is 2. The molecule has 1 heterocycles. The number of nitrogens with one attached hydrogen (secondary N) is 2. The number of carbonyl (C=O) groups excluding carboxylic acids is 2. The summed E-state index contributed by atoms with van der Waals surface area (Å²) >= 11 is 0. The van der Waals surface area contributed by atoms with Crippen LogP contribution in [0.5, 0.6) is 0 Å². The van der Waals surface area contributed by atoms with Crippen LogP contribution < -0.4 is 15.5 Å². The van der Waals surface area contributed by atoms with Crippen molar-refractivity contribution in [2.75, 3.05) is 62.7 Å². The lowest BCUT2D eigenvalue weighted by atomic mass is 10.2. The minimum Gasteiger partial charge on any atom is -0.379 e. The Balaban J connectivity index is 1.70. The van der Waals surface area contributed by atoms with Crippen LogP contribution in [0.2, 0.25) is 0 Å². The van der Waals surface area contributed by atoms with Crippen LogP contribution in [0, 0.1) is 0 Å². The monoisotopic (exact) mass is 362 g/mol. The molecule has 1 aliphatic rings. The molecule has 0 aromatic heterocycles. The fourth-order valence-electron chi connectivity index (χ4n) is 2.94. The zero-order chi connectivity index (χ0) is 18.8. The predicted molar refractivity (Wildman–Crippen MR) is 104 cm³/mol. The quantitative estimate of drug-likeness (QED) is 0.539. The maximum Gasteiger partial charge on any atom is 0.313 e. The fraction of sp³-hybridized carbons (Fsp3) is 0.579. The topological polar surface area (TPSA) is 73.9 Å². The molecule has 0 unspecified atom stereocenters. The van der Waals surface area contributed by atoms with Crippen molar-refractivity contribution >= 4 is 23.2 Å². The smallest absolute Gasteiger partial charge is 0.313 e. The summed E-state index contributed by atoms with van der Waals surface area (Å²) < 4.78 is 5.30. The number of nitrogens with zero attached hydrogens (tertiary/aromatic N) is 2. The van der Waals surface area contributed by atoms with Crippen LogP contribution in [0.15, 0.2) is 24.3 Å². The molecule has 1 saturated heterocycles. The highest BCUT2D eigenvalue weighted by atomic mass is 16.5. The normalized spacial score (nSPS) is 14.7. The van der Waals surface area contributed by atoms with Gasteiger partial charge in [0.2, 0.25) is 0 Å².